The molecule has 2 heterocycles. The van der Waals surface area contributed by atoms with Crippen molar-refractivity contribution in [1.29, 1.82) is 0 Å². The first-order valence-corrected chi connectivity index (χ1v) is 24.5. The van der Waals surface area contributed by atoms with E-state index in [9.17, 15) is 41.8 Å². The molecule has 8 rings (SSSR count). The van der Waals surface area contributed by atoms with Crippen molar-refractivity contribution in [2.24, 2.45) is 5.73 Å². The highest BCUT2D eigenvalue weighted by molar-refractivity contribution is 6.32. The number of halogens is 9. The monoisotopic (exact) mass is 1110 g/mol. The molecule has 2 aliphatic heterocycles. The second kappa shape index (κ2) is 28.4. The van der Waals surface area contributed by atoms with Gasteiger partial charge in [-0.05, 0) is 133 Å². The van der Waals surface area contributed by atoms with Gasteiger partial charge in [0.2, 0.25) is 0 Å². The van der Waals surface area contributed by atoms with E-state index in [1.165, 1.54) is 24.3 Å². The van der Waals surface area contributed by atoms with Crippen molar-refractivity contribution in [3.63, 3.8) is 0 Å². The van der Waals surface area contributed by atoms with Crippen LogP contribution in [0, 0.1) is 11.6 Å². The molecule has 0 saturated carbocycles. The molecule has 2 atom stereocenters. The van der Waals surface area contributed by atoms with Crippen LogP contribution in [0.1, 0.15) is 46.4 Å². The summed E-state index contributed by atoms with van der Waals surface area (Å²) in [5.74, 6) is -4.14. The number of aliphatic hydroxyl groups is 2. The molecule has 0 aromatic heterocycles. The van der Waals surface area contributed by atoms with Gasteiger partial charge in [0.05, 0.1) is 15.6 Å². The number of hydrogen-bond acceptors (Lipinski definition) is 10. The fourth-order valence-electron chi connectivity index (χ4n) is 7.59. The number of hydrogen-bond donors (Lipinski definition) is 6. The highest BCUT2D eigenvalue weighted by Crippen LogP contribution is 2.25. The van der Waals surface area contributed by atoms with E-state index in [1.54, 1.807) is 36.4 Å². The van der Waals surface area contributed by atoms with E-state index >= 15 is 0 Å². The molecular weight excluding hydrogens is 1060 g/mol. The van der Waals surface area contributed by atoms with Crippen molar-refractivity contribution in [2.75, 3.05) is 52.5 Å². The molecule has 398 valence electrons. The van der Waals surface area contributed by atoms with Crippen LogP contribution < -0.4 is 20.5 Å². The number of rotatable bonds is 13. The van der Waals surface area contributed by atoms with Crippen LogP contribution in [0.2, 0.25) is 20.1 Å². The van der Waals surface area contributed by atoms with Crippen molar-refractivity contribution >= 4 is 85.8 Å². The maximum absolute atomic E-state index is 13.5. The number of alkyl halides is 3. The number of fused-ring (bicyclic) bond motifs is 2. The zero-order chi connectivity index (χ0) is 54.1. The predicted molar refractivity (Wildman–Crippen MR) is 275 cm³/mol. The quantitative estimate of drug-likeness (QED) is 0.0600. The van der Waals surface area contributed by atoms with Crippen LogP contribution in [-0.4, -0.2) is 131 Å². The number of aliphatic carboxylic acids is 1. The lowest BCUT2D eigenvalue weighted by atomic mass is 10.0. The molecule has 2 saturated heterocycles. The number of β-amino-alcohol motifs (C(OH)–C–C–N with tert-alkyl or cyclic N) is 2. The van der Waals surface area contributed by atoms with Gasteiger partial charge in [-0.15, -0.1) is 0 Å². The Labute approximate surface area is 443 Å². The number of amides is 1. The summed E-state index contributed by atoms with van der Waals surface area (Å²) in [6.07, 6.45) is -2.90. The van der Waals surface area contributed by atoms with Gasteiger partial charge in [0.1, 0.15) is 48.6 Å². The number of aromatic carboxylic acids is 1. The van der Waals surface area contributed by atoms with Gasteiger partial charge in [0, 0.05) is 66.0 Å². The molecule has 0 spiro atoms. The number of nitrogens with one attached hydrogen (secondary N) is 1. The fourth-order valence-corrected chi connectivity index (χ4v) is 8.19. The van der Waals surface area contributed by atoms with Crippen LogP contribution in [-0.2, 0) is 4.79 Å². The second-order valence-electron chi connectivity index (χ2n) is 17.3. The molecule has 2 aliphatic rings. The van der Waals surface area contributed by atoms with Gasteiger partial charge in [-0.1, -0.05) is 70.7 Å². The van der Waals surface area contributed by atoms with Gasteiger partial charge < -0.3 is 50.8 Å². The summed E-state index contributed by atoms with van der Waals surface area (Å²) in [6, 6.07) is 30.3. The Balaban J connectivity index is 0.000000209. The van der Waals surface area contributed by atoms with Crippen LogP contribution >= 0.6 is 46.4 Å². The molecule has 2 unspecified atom stereocenters. The zero-order valence-electron chi connectivity index (χ0n) is 39.4. The Morgan fingerprint density at radius 1 is 0.608 bits per heavy atom. The largest absolute Gasteiger partial charge is 0.491 e. The van der Waals surface area contributed by atoms with Crippen LogP contribution in [0.25, 0.3) is 21.5 Å². The maximum atomic E-state index is 13.5. The average molecular weight is 1110 g/mol. The molecule has 13 nitrogen and oxygen atoms in total. The third kappa shape index (κ3) is 19.6. The molecule has 6 aromatic rings. The highest BCUT2D eigenvalue weighted by atomic mass is 35.5. The Kier molecular flexibility index (Phi) is 22.8. The number of aliphatic hydroxyl groups excluding tert-OH is 2. The Morgan fingerprint density at radius 2 is 1.00 bits per heavy atom. The van der Waals surface area contributed by atoms with E-state index in [0.717, 1.165) is 73.4 Å². The van der Waals surface area contributed by atoms with Gasteiger partial charge >= 0.3 is 18.1 Å². The standard InChI is InChI=1S/C25H25Cl2FN2O3.C14H20ClFN2O2.C11H7ClO2.C2HF3O2/c26-19-4-3-16-11-18(2-1-17(16)12-19)25(32)29-20-7-9-30(10-8-20)14-21(31)15-33-22-5-6-23(27)24(28)13-22;15-13-2-1-12(7-14(13)16)20-9-11(19)8-18-5-3-10(17)4-6-18;12-10-4-3-7-5-9(11(13)14)2-1-8(7)6-10;3-2(4,5)1(6)7/h1-6,11-13,20-21,31H,7-10,14-15H2,(H,29,32);1-2,7,10-11,19H,3-6,8-9,17H2;1-6H,(H,13,14);(H,6,7). The molecule has 22 heteroatoms. The first kappa shape index (κ1) is 59.3. The number of nitrogens with zero attached hydrogens (tertiary/aromatic N) is 2. The number of ether oxygens (including phenoxy) is 2. The fraction of sp³-hybridized carbons (Fsp3) is 0.327. The first-order valence-electron chi connectivity index (χ1n) is 23.0. The van der Waals surface area contributed by atoms with Gasteiger partial charge in [-0.3, -0.25) is 4.79 Å². The minimum absolute atomic E-state index is 0.0309. The normalized spacial score (nSPS) is 15.3. The summed E-state index contributed by atoms with van der Waals surface area (Å²) in [4.78, 5) is 36.6. The van der Waals surface area contributed by atoms with Gasteiger partial charge in [-0.2, -0.15) is 13.2 Å². The molecule has 0 bridgehead atoms. The van der Waals surface area contributed by atoms with E-state index in [1.807, 2.05) is 48.5 Å². The third-order valence-electron chi connectivity index (χ3n) is 11.5. The lowest BCUT2D eigenvalue weighted by Crippen LogP contribution is -2.47. The van der Waals surface area contributed by atoms with Gasteiger partial charge in [-0.25, -0.2) is 18.4 Å². The highest BCUT2D eigenvalue weighted by Gasteiger charge is 2.38. The molecular formula is C52H53Cl4F5N4O9. The Hall–Kier alpha value is -5.54. The van der Waals surface area contributed by atoms with Crippen LogP contribution in [0.3, 0.4) is 0 Å². The molecule has 74 heavy (non-hydrogen) atoms. The summed E-state index contributed by atoms with van der Waals surface area (Å²) >= 11 is 23.1. The van der Waals surface area contributed by atoms with E-state index in [0.29, 0.717) is 45.8 Å². The number of benzene rings is 6. The number of likely N-dealkylation sites (tertiary alicyclic amines) is 2. The molecule has 0 radical (unpaired) electrons. The van der Waals surface area contributed by atoms with Crippen LogP contribution in [0.15, 0.2) is 109 Å². The molecule has 0 aliphatic carbocycles. The lowest BCUT2D eigenvalue weighted by molar-refractivity contribution is -0.192. The minimum Gasteiger partial charge on any atom is -0.491 e. The summed E-state index contributed by atoms with van der Waals surface area (Å²) in [5.41, 5.74) is 6.74. The van der Waals surface area contributed by atoms with E-state index in [-0.39, 0.29) is 41.2 Å². The zero-order valence-corrected chi connectivity index (χ0v) is 42.4. The third-order valence-corrected chi connectivity index (χ3v) is 12.6. The number of carbonyl (C=O) groups excluding carboxylic acids is 1. The van der Waals surface area contributed by atoms with E-state index in [2.05, 4.69) is 15.1 Å². The van der Waals surface area contributed by atoms with Crippen molar-refractivity contribution in [1.82, 2.24) is 15.1 Å². The average Bonchev–Trinajstić information content (AvgIpc) is 3.36. The van der Waals surface area contributed by atoms with E-state index < -0.39 is 42.0 Å². The summed E-state index contributed by atoms with van der Waals surface area (Å²) in [6.45, 7) is 4.49. The molecule has 1 amide bonds. The predicted octanol–water partition coefficient (Wildman–Crippen LogP) is 10.4. The number of nitrogens with two attached hydrogens (primary N) is 1. The second-order valence-corrected chi connectivity index (χ2v) is 19.0. The topological polar surface area (TPSA) is 195 Å². The lowest BCUT2D eigenvalue weighted by Gasteiger charge is -2.33. The number of carbonyl (C=O) groups is 3. The smallest absolute Gasteiger partial charge is 0.490 e. The minimum atomic E-state index is -5.08. The first-order chi connectivity index (χ1) is 35.0. The summed E-state index contributed by atoms with van der Waals surface area (Å²) < 4.78 is 69.3. The van der Waals surface area contributed by atoms with Crippen molar-refractivity contribution in [3.8, 4) is 11.5 Å². The maximum Gasteiger partial charge on any atom is 0.490 e. The van der Waals surface area contributed by atoms with Crippen molar-refractivity contribution in [2.45, 2.75) is 56.2 Å². The van der Waals surface area contributed by atoms with Gasteiger partial charge in [0.15, 0.2) is 0 Å². The molecule has 7 N–H and O–H groups in total. The Bertz CT molecular complexity index is 2840. The van der Waals surface area contributed by atoms with E-state index in [4.69, 9.17) is 76.6 Å². The molecule has 6 aromatic carbocycles. The van der Waals surface area contributed by atoms with Crippen LogP contribution in [0.5, 0.6) is 11.5 Å². The number of carboxylic acid groups (broad SMARTS) is 2. The van der Waals surface area contributed by atoms with Gasteiger partial charge in [0.25, 0.3) is 5.91 Å². The van der Waals surface area contributed by atoms with Crippen LogP contribution in [0.4, 0.5) is 22.0 Å². The SMILES string of the molecule is NC1CCN(CC(O)COc2ccc(Cl)c(F)c2)CC1.O=C(NC1CCN(CC(O)COc2ccc(Cl)c(F)c2)CC1)c1ccc2cc(Cl)ccc2c1.O=C(O)C(F)(F)F.O=C(O)c1ccc2cc(Cl)ccc2c1. The number of carboxylic acids is 2. The van der Waals surface area contributed by atoms with Crippen molar-refractivity contribution < 1.29 is 66.2 Å². The summed E-state index contributed by atoms with van der Waals surface area (Å²) in [7, 11) is 0. The molecule has 2 fully saturated rings. The number of piperidine rings is 2. The van der Waals surface area contributed by atoms with Crippen molar-refractivity contribution in [3.05, 3.63) is 152 Å². The summed E-state index contributed by atoms with van der Waals surface area (Å²) in [5, 5.41) is 44.4. The Morgan fingerprint density at radius 3 is 1.42 bits per heavy atom.